The van der Waals surface area contributed by atoms with E-state index in [-0.39, 0.29) is 28.3 Å². The summed E-state index contributed by atoms with van der Waals surface area (Å²) in [6.07, 6.45) is 0. The molecule has 2 N–H and O–H groups in total. The van der Waals surface area contributed by atoms with Crippen LogP contribution >= 0.6 is 0 Å². The van der Waals surface area contributed by atoms with Gasteiger partial charge >= 0.3 is 5.97 Å². The first-order chi connectivity index (χ1) is 16.6. The summed E-state index contributed by atoms with van der Waals surface area (Å²) in [5.41, 5.74) is 8.61. The van der Waals surface area contributed by atoms with Gasteiger partial charge in [-0.25, -0.2) is 4.79 Å². The van der Waals surface area contributed by atoms with E-state index in [1.807, 2.05) is 18.2 Å². The number of nitriles is 1. The maximum absolute atomic E-state index is 12.7. The van der Waals surface area contributed by atoms with Crippen LogP contribution in [0.5, 0.6) is 11.5 Å². The molecule has 0 aromatic heterocycles. The van der Waals surface area contributed by atoms with Crippen molar-refractivity contribution >= 4 is 11.7 Å². The van der Waals surface area contributed by atoms with Crippen LogP contribution in [0, 0.1) is 21.4 Å². The molecule has 35 heavy (non-hydrogen) atoms. The predicted molar refractivity (Wildman–Crippen MR) is 129 cm³/mol. The topological polar surface area (TPSA) is 128 Å². The molecule has 3 aromatic rings. The van der Waals surface area contributed by atoms with Crippen molar-refractivity contribution in [1.29, 1.82) is 5.26 Å². The second kappa shape index (κ2) is 8.95. The molecule has 0 fully saturated rings. The van der Waals surface area contributed by atoms with Crippen molar-refractivity contribution in [1.82, 2.24) is 0 Å². The van der Waals surface area contributed by atoms with E-state index >= 15 is 0 Å². The van der Waals surface area contributed by atoms with Gasteiger partial charge in [-0.1, -0.05) is 51.1 Å². The number of carbonyl (C=O) groups excluding carboxylic acids is 1. The molecular weight excluding hydrogens is 446 g/mol. The Morgan fingerprint density at radius 1 is 1.11 bits per heavy atom. The van der Waals surface area contributed by atoms with Crippen LogP contribution in [0.3, 0.4) is 0 Å². The lowest BCUT2D eigenvalue weighted by molar-refractivity contribution is -0.384. The van der Waals surface area contributed by atoms with Crippen LogP contribution in [0.25, 0.3) is 0 Å². The highest BCUT2D eigenvalue weighted by molar-refractivity contribution is 5.91. The lowest BCUT2D eigenvalue weighted by atomic mass is 9.83. The zero-order chi connectivity index (χ0) is 25.3. The van der Waals surface area contributed by atoms with Gasteiger partial charge in [-0.05, 0) is 34.7 Å². The van der Waals surface area contributed by atoms with E-state index in [0.29, 0.717) is 22.4 Å². The van der Waals surface area contributed by atoms with Crippen LogP contribution in [0.4, 0.5) is 5.69 Å². The minimum absolute atomic E-state index is 0.0380. The van der Waals surface area contributed by atoms with Gasteiger partial charge in [0.15, 0.2) is 0 Å². The third-order valence-corrected chi connectivity index (χ3v) is 5.80. The third-order valence-electron chi connectivity index (χ3n) is 5.80. The molecular formula is C27H23N3O5. The second-order valence-corrected chi connectivity index (χ2v) is 9.19. The fraction of sp³-hybridized carbons (Fsp3) is 0.185. The Labute approximate surface area is 202 Å². The summed E-state index contributed by atoms with van der Waals surface area (Å²) in [4.78, 5) is 23.4. The first-order valence-corrected chi connectivity index (χ1v) is 10.9. The second-order valence-electron chi connectivity index (χ2n) is 9.19. The Morgan fingerprint density at radius 3 is 2.46 bits per heavy atom. The van der Waals surface area contributed by atoms with Crippen molar-refractivity contribution in [3.8, 4) is 17.6 Å². The number of nitrogens with two attached hydrogens (primary N) is 1. The molecule has 3 aromatic carbocycles. The highest BCUT2D eigenvalue weighted by Gasteiger charge is 2.32. The molecule has 0 saturated carbocycles. The average Bonchev–Trinajstić information content (AvgIpc) is 2.82. The van der Waals surface area contributed by atoms with Gasteiger partial charge < -0.3 is 15.2 Å². The predicted octanol–water partition coefficient (Wildman–Crippen LogP) is 5.33. The molecule has 0 amide bonds. The standard InChI is InChI=1S/C27H23N3O5/c1-27(2,3)18-9-7-16(8-10-18)26(31)34-20-11-12-21-23(14-20)35-25(29)22(15-28)24(21)17-5-4-6-19(13-17)30(32)33/h4-14,24H,29H2,1-3H3. The van der Waals surface area contributed by atoms with E-state index < -0.39 is 16.8 Å². The third kappa shape index (κ3) is 4.70. The van der Waals surface area contributed by atoms with Crippen molar-refractivity contribution in [2.24, 2.45) is 5.73 Å². The summed E-state index contributed by atoms with van der Waals surface area (Å²) in [5, 5.41) is 21.0. The van der Waals surface area contributed by atoms with Gasteiger partial charge in [-0.3, -0.25) is 10.1 Å². The number of esters is 1. The van der Waals surface area contributed by atoms with Gasteiger partial charge in [0.1, 0.15) is 23.1 Å². The number of hydrogen-bond donors (Lipinski definition) is 1. The number of hydrogen-bond acceptors (Lipinski definition) is 7. The summed E-state index contributed by atoms with van der Waals surface area (Å²) in [5.74, 6) is -0.778. The number of nitro benzene ring substituents is 1. The lowest BCUT2D eigenvalue weighted by Crippen LogP contribution is -2.21. The maximum atomic E-state index is 12.7. The van der Waals surface area contributed by atoms with Crippen LogP contribution in [-0.2, 0) is 5.41 Å². The zero-order valence-corrected chi connectivity index (χ0v) is 19.4. The molecule has 1 aliphatic rings. The number of nitro groups is 1. The summed E-state index contributed by atoms with van der Waals surface area (Å²) in [6, 6.07) is 20.1. The summed E-state index contributed by atoms with van der Waals surface area (Å²) >= 11 is 0. The molecule has 0 spiro atoms. The van der Waals surface area contributed by atoms with E-state index in [0.717, 1.165) is 5.56 Å². The van der Waals surface area contributed by atoms with Crippen molar-refractivity contribution in [2.75, 3.05) is 0 Å². The number of non-ortho nitro benzene ring substituents is 1. The zero-order valence-electron chi connectivity index (χ0n) is 19.4. The molecule has 8 nitrogen and oxygen atoms in total. The van der Waals surface area contributed by atoms with Gasteiger partial charge in [0.25, 0.3) is 5.69 Å². The van der Waals surface area contributed by atoms with Crippen molar-refractivity contribution in [2.45, 2.75) is 32.1 Å². The molecule has 1 atom stereocenters. The van der Waals surface area contributed by atoms with Crippen molar-refractivity contribution in [3.05, 3.63) is 111 Å². The quantitative estimate of drug-likeness (QED) is 0.237. The molecule has 1 aliphatic heterocycles. The van der Waals surface area contributed by atoms with Gasteiger partial charge in [-0.2, -0.15) is 5.26 Å². The van der Waals surface area contributed by atoms with E-state index in [1.54, 1.807) is 36.4 Å². The summed E-state index contributed by atoms with van der Waals surface area (Å²) < 4.78 is 11.2. The Kier molecular flexibility index (Phi) is 6.01. The summed E-state index contributed by atoms with van der Waals surface area (Å²) in [6.45, 7) is 6.27. The average molecular weight is 469 g/mol. The number of ether oxygens (including phenoxy) is 2. The molecule has 1 heterocycles. The largest absolute Gasteiger partial charge is 0.440 e. The fourth-order valence-corrected chi connectivity index (χ4v) is 3.93. The molecule has 0 aliphatic carbocycles. The normalized spacial score (nSPS) is 15.0. The number of carbonyl (C=O) groups is 1. The van der Waals surface area contributed by atoms with Crippen LogP contribution in [0.1, 0.15) is 53.7 Å². The molecule has 176 valence electrons. The van der Waals surface area contributed by atoms with E-state index in [2.05, 4.69) is 20.8 Å². The molecule has 8 heteroatoms. The first kappa shape index (κ1) is 23.5. The molecule has 0 saturated heterocycles. The van der Waals surface area contributed by atoms with Crippen LogP contribution < -0.4 is 15.2 Å². The number of allylic oxidation sites excluding steroid dienone is 1. The first-order valence-electron chi connectivity index (χ1n) is 10.9. The van der Waals surface area contributed by atoms with E-state index in [4.69, 9.17) is 15.2 Å². The lowest BCUT2D eigenvalue weighted by Gasteiger charge is -2.26. The van der Waals surface area contributed by atoms with Gasteiger partial charge in [0.2, 0.25) is 5.88 Å². The molecule has 4 rings (SSSR count). The smallest absolute Gasteiger partial charge is 0.343 e. The number of nitrogens with zero attached hydrogens (tertiary/aromatic N) is 2. The highest BCUT2D eigenvalue weighted by Crippen LogP contribution is 2.44. The number of fused-ring (bicyclic) bond motifs is 1. The summed E-state index contributed by atoms with van der Waals surface area (Å²) in [7, 11) is 0. The number of rotatable bonds is 4. The van der Waals surface area contributed by atoms with Crippen LogP contribution in [-0.4, -0.2) is 10.9 Å². The number of benzene rings is 3. The fourth-order valence-electron chi connectivity index (χ4n) is 3.93. The van der Waals surface area contributed by atoms with Crippen molar-refractivity contribution in [3.63, 3.8) is 0 Å². The SMILES string of the molecule is CC(C)(C)c1ccc(C(=O)Oc2ccc3c(c2)OC(N)=C(C#N)C3c2cccc([N+](=O)[O-])c2)cc1. The van der Waals surface area contributed by atoms with Crippen LogP contribution in [0.15, 0.2) is 78.2 Å². The van der Waals surface area contributed by atoms with Crippen LogP contribution in [0.2, 0.25) is 0 Å². The molecule has 1 unspecified atom stereocenters. The Bertz CT molecular complexity index is 1400. The molecule has 0 radical (unpaired) electrons. The highest BCUT2D eigenvalue weighted by atomic mass is 16.6. The Morgan fingerprint density at radius 2 is 1.83 bits per heavy atom. The monoisotopic (exact) mass is 469 g/mol. The molecule has 0 bridgehead atoms. The van der Waals surface area contributed by atoms with E-state index in [1.165, 1.54) is 18.2 Å². The maximum Gasteiger partial charge on any atom is 0.343 e. The Balaban J connectivity index is 1.65. The minimum atomic E-state index is -0.668. The van der Waals surface area contributed by atoms with Gasteiger partial charge in [0.05, 0.1) is 16.4 Å². The Hall–Kier alpha value is -4.64. The van der Waals surface area contributed by atoms with Gasteiger partial charge in [-0.15, -0.1) is 0 Å². The van der Waals surface area contributed by atoms with Gasteiger partial charge in [0, 0.05) is 23.8 Å². The van der Waals surface area contributed by atoms with Crippen molar-refractivity contribution < 1.29 is 19.2 Å². The minimum Gasteiger partial charge on any atom is -0.440 e. The van der Waals surface area contributed by atoms with E-state index in [9.17, 15) is 20.2 Å².